The number of nitrogens with zero attached hydrogens (tertiary/aromatic N) is 1. The number of aryl methyl sites for hydroxylation is 1. The summed E-state index contributed by atoms with van der Waals surface area (Å²) in [5.74, 6) is -0.570. The summed E-state index contributed by atoms with van der Waals surface area (Å²) in [6.07, 6.45) is 5.37. The fourth-order valence-corrected chi connectivity index (χ4v) is 4.63. The zero-order chi connectivity index (χ0) is 16.4. The molecule has 1 aromatic rings. The van der Waals surface area contributed by atoms with E-state index in [1.165, 1.54) is 17.5 Å². The van der Waals surface area contributed by atoms with E-state index >= 15 is 0 Å². The monoisotopic (exact) mass is 339 g/mol. The highest BCUT2D eigenvalue weighted by Gasteiger charge is 2.28. The minimum Gasteiger partial charge on any atom is -0.339 e. The van der Waals surface area contributed by atoms with E-state index in [1.807, 2.05) is 12.1 Å². The largest absolute Gasteiger partial charge is 0.339 e. The van der Waals surface area contributed by atoms with Gasteiger partial charge in [-0.1, -0.05) is 12.1 Å². The molecule has 1 fully saturated rings. The van der Waals surface area contributed by atoms with Crippen LogP contribution in [-0.2, 0) is 23.1 Å². The van der Waals surface area contributed by atoms with Crippen molar-refractivity contribution in [1.82, 2.24) is 4.90 Å². The molecular weight excluding hydrogens is 317 g/mol. The molecular formula is C17H22FNO3S. The smallest absolute Gasteiger partial charge is 0.302 e. The molecule has 23 heavy (non-hydrogen) atoms. The zero-order valence-corrected chi connectivity index (χ0v) is 13.9. The number of hydrogen-bond donors (Lipinski definition) is 0. The van der Waals surface area contributed by atoms with Gasteiger partial charge in [-0.05, 0) is 61.6 Å². The highest BCUT2D eigenvalue weighted by Crippen LogP contribution is 2.27. The van der Waals surface area contributed by atoms with Crippen molar-refractivity contribution in [3.8, 4) is 0 Å². The van der Waals surface area contributed by atoms with Crippen LogP contribution in [0.2, 0.25) is 0 Å². The highest BCUT2D eigenvalue weighted by molar-refractivity contribution is 7.86. The van der Waals surface area contributed by atoms with Crippen LogP contribution in [0.3, 0.4) is 0 Å². The lowest BCUT2D eigenvalue weighted by Gasteiger charge is -2.32. The standard InChI is InChI=1S/C17H22FNO3S/c18-23(21,22)12-13-8-10-19(11-9-13)17(20)16-7-3-5-14-4-1-2-6-15(14)16/h3,5,7,13H,1-2,4,6,8-12H2. The predicted octanol–water partition coefficient (Wildman–Crippen LogP) is 2.72. The Morgan fingerprint density at radius 2 is 1.87 bits per heavy atom. The predicted molar refractivity (Wildman–Crippen MR) is 86.6 cm³/mol. The maximum absolute atomic E-state index is 12.8. The number of rotatable bonds is 3. The molecule has 1 aromatic carbocycles. The molecule has 1 aliphatic carbocycles. The number of fused-ring (bicyclic) bond motifs is 1. The summed E-state index contributed by atoms with van der Waals surface area (Å²) < 4.78 is 34.3. The van der Waals surface area contributed by atoms with Crippen LogP contribution in [-0.4, -0.2) is 38.1 Å². The molecule has 126 valence electrons. The van der Waals surface area contributed by atoms with Gasteiger partial charge < -0.3 is 4.90 Å². The van der Waals surface area contributed by atoms with Crippen molar-refractivity contribution in [2.24, 2.45) is 5.92 Å². The Labute approximate surface area is 136 Å². The molecule has 1 heterocycles. The third kappa shape index (κ3) is 3.91. The first kappa shape index (κ1) is 16.4. The fourth-order valence-electron chi connectivity index (χ4n) is 3.74. The van der Waals surface area contributed by atoms with E-state index in [9.17, 15) is 17.1 Å². The minimum atomic E-state index is -4.43. The Morgan fingerprint density at radius 1 is 1.17 bits per heavy atom. The molecule has 0 unspecified atom stereocenters. The maximum Gasteiger partial charge on any atom is 0.302 e. The second-order valence-corrected chi connectivity index (χ2v) is 8.00. The number of likely N-dealkylation sites (tertiary alicyclic amines) is 1. The van der Waals surface area contributed by atoms with Gasteiger partial charge in [0.05, 0.1) is 5.75 Å². The molecule has 0 bridgehead atoms. The number of halogens is 1. The van der Waals surface area contributed by atoms with Crippen LogP contribution in [0.15, 0.2) is 18.2 Å². The summed E-state index contributed by atoms with van der Waals surface area (Å²) in [7, 11) is -4.43. The van der Waals surface area contributed by atoms with E-state index in [2.05, 4.69) is 6.07 Å². The molecule has 2 aliphatic rings. The Morgan fingerprint density at radius 3 is 2.57 bits per heavy atom. The number of carbonyl (C=O) groups excluding carboxylic acids is 1. The normalized spacial score (nSPS) is 19.4. The number of piperidine rings is 1. The van der Waals surface area contributed by atoms with E-state index in [0.717, 1.165) is 24.8 Å². The van der Waals surface area contributed by atoms with Gasteiger partial charge >= 0.3 is 10.2 Å². The van der Waals surface area contributed by atoms with Crippen molar-refractivity contribution in [2.45, 2.75) is 38.5 Å². The molecule has 1 amide bonds. The van der Waals surface area contributed by atoms with Gasteiger partial charge in [0.2, 0.25) is 0 Å². The Bertz CT molecular complexity index is 694. The fraction of sp³-hybridized carbons (Fsp3) is 0.588. The number of hydrogen-bond acceptors (Lipinski definition) is 3. The molecule has 6 heteroatoms. The minimum absolute atomic E-state index is 0.0327. The molecule has 3 rings (SSSR count). The third-order valence-electron chi connectivity index (χ3n) is 4.96. The average molecular weight is 339 g/mol. The van der Waals surface area contributed by atoms with Crippen LogP contribution in [0.4, 0.5) is 3.89 Å². The Kier molecular flexibility index (Phi) is 4.71. The van der Waals surface area contributed by atoms with Crippen LogP contribution >= 0.6 is 0 Å². The van der Waals surface area contributed by atoms with Crippen molar-refractivity contribution in [2.75, 3.05) is 18.8 Å². The molecule has 4 nitrogen and oxygen atoms in total. The van der Waals surface area contributed by atoms with Crippen molar-refractivity contribution in [1.29, 1.82) is 0 Å². The first-order valence-electron chi connectivity index (χ1n) is 8.26. The van der Waals surface area contributed by atoms with Crippen molar-refractivity contribution in [3.63, 3.8) is 0 Å². The van der Waals surface area contributed by atoms with Gasteiger partial charge in [-0.25, -0.2) is 0 Å². The lowest BCUT2D eigenvalue weighted by Crippen LogP contribution is -2.40. The summed E-state index contributed by atoms with van der Waals surface area (Å²) in [6, 6.07) is 5.94. The lowest BCUT2D eigenvalue weighted by atomic mass is 9.87. The van der Waals surface area contributed by atoms with Crippen LogP contribution < -0.4 is 0 Å². The lowest BCUT2D eigenvalue weighted by molar-refractivity contribution is 0.0696. The molecule has 0 spiro atoms. The van der Waals surface area contributed by atoms with Gasteiger partial charge in [0, 0.05) is 18.7 Å². The Balaban J connectivity index is 1.69. The van der Waals surface area contributed by atoms with Crippen LogP contribution in [0.25, 0.3) is 0 Å². The summed E-state index contributed by atoms with van der Waals surface area (Å²) >= 11 is 0. The van der Waals surface area contributed by atoms with Gasteiger partial charge in [-0.15, -0.1) is 3.89 Å². The summed E-state index contributed by atoms with van der Waals surface area (Å²) in [4.78, 5) is 14.6. The van der Waals surface area contributed by atoms with Crippen LogP contribution in [0.5, 0.6) is 0 Å². The average Bonchev–Trinajstić information content (AvgIpc) is 2.53. The molecule has 0 radical (unpaired) electrons. The molecule has 1 saturated heterocycles. The van der Waals surface area contributed by atoms with Gasteiger partial charge in [0.25, 0.3) is 5.91 Å². The number of benzene rings is 1. The molecule has 0 N–H and O–H groups in total. The zero-order valence-electron chi connectivity index (χ0n) is 13.1. The molecule has 0 saturated carbocycles. The van der Waals surface area contributed by atoms with Crippen LogP contribution in [0.1, 0.15) is 47.2 Å². The van der Waals surface area contributed by atoms with E-state index in [-0.39, 0.29) is 11.8 Å². The van der Waals surface area contributed by atoms with E-state index in [4.69, 9.17) is 0 Å². The summed E-state index contributed by atoms with van der Waals surface area (Å²) in [5.41, 5.74) is 3.25. The SMILES string of the molecule is O=C(c1cccc2c1CCCC2)N1CCC(CS(=O)(=O)F)CC1. The third-order valence-corrected chi connectivity index (χ3v) is 5.83. The second kappa shape index (κ2) is 6.59. The first-order chi connectivity index (χ1) is 10.9. The molecule has 0 atom stereocenters. The maximum atomic E-state index is 12.8. The highest BCUT2D eigenvalue weighted by atomic mass is 32.3. The van der Waals surface area contributed by atoms with Crippen LogP contribution in [0, 0.1) is 5.92 Å². The quantitative estimate of drug-likeness (QED) is 0.796. The van der Waals surface area contributed by atoms with Crippen molar-refractivity contribution >= 4 is 16.1 Å². The topological polar surface area (TPSA) is 54.5 Å². The van der Waals surface area contributed by atoms with E-state index in [0.29, 0.717) is 25.9 Å². The van der Waals surface area contributed by atoms with E-state index < -0.39 is 16.0 Å². The molecule has 1 aliphatic heterocycles. The summed E-state index contributed by atoms with van der Waals surface area (Å²) in [5, 5.41) is 0. The molecule has 0 aromatic heterocycles. The summed E-state index contributed by atoms with van der Waals surface area (Å²) in [6.45, 7) is 1.01. The van der Waals surface area contributed by atoms with Gasteiger partial charge in [0.1, 0.15) is 0 Å². The van der Waals surface area contributed by atoms with Gasteiger partial charge in [-0.2, -0.15) is 8.42 Å². The second-order valence-electron chi connectivity index (χ2n) is 6.59. The van der Waals surface area contributed by atoms with Crippen molar-refractivity contribution in [3.05, 3.63) is 34.9 Å². The number of amides is 1. The number of carbonyl (C=O) groups is 1. The van der Waals surface area contributed by atoms with Gasteiger partial charge in [0.15, 0.2) is 0 Å². The van der Waals surface area contributed by atoms with Crippen molar-refractivity contribution < 1.29 is 17.1 Å². The van der Waals surface area contributed by atoms with Gasteiger partial charge in [-0.3, -0.25) is 4.79 Å². The Hall–Kier alpha value is -1.43. The first-order valence-corrected chi connectivity index (χ1v) is 9.81. The van der Waals surface area contributed by atoms with E-state index in [1.54, 1.807) is 4.90 Å².